The lowest BCUT2D eigenvalue weighted by molar-refractivity contribution is -0.122. The zero-order valence-corrected chi connectivity index (χ0v) is 14.7. The second kappa shape index (κ2) is 9.98. The number of benzene rings is 2. The number of carbonyl (C=O) groups is 3. The third-order valence-electron chi connectivity index (χ3n) is 3.79. The summed E-state index contributed by atoms with van der Waals surface area (Å²) in [4.78, 5) is 35.3. The summed E-state index contributed by atoms with van der Waals surface area (Å²) in [5.41, 5.74) is 2.32. The van der Waals surface area contributed by atoms with Crippen LogP contribution in [0.4, 0.5) is 0 Å². The Hall–Kier alpha value is -3.15. The van der Waals surface area contributed by atoms with Gasteiger partial charge in [-0.15, -0.1) is 0 Å². The van der Waals surface area contributed by atoms with Crippen molar-refractivity contribution in [1.82, 2.24) is 16.0 Å². The van der Waals surface area contributed by atoms with Crippen LogP contribution in [0.3, 0.4) is 0 Å². The first kappa shape index (κ1) is 19.2. The van der Waals surface area contributed by atoms with Crippen LogP contribution in [-0.2, 0) is 22.6 Å². The van der Waals surface area contributed by atoms with Gasteiger partial charge in [-0.2, -0.15) is 0 Å². The van der Waals surface area contributed by atoms with E-state index in [0.29, 0.717) is 18.5 Å². The van der Waals surface area contributed by atoms with Crippen molar-refractivity contribution in [2.45, 2.75) is 19.4 Å². The maximum atomic E-state index is 11.9. The lowest BCUT2D eigenvalue weighted by atomic mass is 10.1. The van der Waals surface area contributed by atoms with E-state index in [9.17, 15) is 14.4 Å². The van der Waals surface area contributed by atoms with Crippen LogP contribution < -0.4 is 16.0 Å². The van der Waals surface area contributed by atoms with Gasteiger partial charge in [-0.3, -0.25) is 14.4 Å². The molecule has 0 aliphatic carbocycles. The van der Waals surface area contributed by atoms with E-state index in [1.54, 1.807) is 25.2 Å². The second-order valence-electron chi connectivity index (χ2n) is 5.82. The molecule has 0 bridgehead atoms. The van der Waals surface area contributed by atoms with Gasteiger partial charge in [-0.1, -0.05) is 42.5 Å². The monoisotopic (exact) mass is 353 g/mol. The van der Waals surface area contributed by atoms with E-state index in [4.69, 9.17) is 0 Å². The number of carbonyl (C=O) groups excluding carboxylic acids is 3. The molecule has 0 radical (unpaired) electrons. The molecule has 0 aliphatic rings. The summed E-state index contributed by atoms with van der Waals surface area (Å²) in [7, 11) is 1.57. The molecule has 3 N–H and O–H groups in total. The Morgan fingerprint density at radius 1 is 0.846 bits per heavy atom. The molecule has 26 heavy (non-hydrogen) atoms. The van der Waals surface area contributed by atoms with Crippen molar-refractivity contribution < 1.29 is 14.4 Å². The van der Waals surface area contributed by atoms with Crippen LogP contribution in [-0.4, -0.2) is 31.3 Å². The van der Waals surface area contributed by atoms with E-state index in [0.717, 1.165) is 11.1 Å². The van der Waals surface area contributed by atoms with Crippen LogP contribution in [0.2, 0.25) is 0 Å². The highest BCUT2D eigenvalue weighted by atomic mass is 16.2. The maximum absolute atomic E-state index is 11.9. The molecule has 0 spiro atoms. The average Bonchev–Trinajstić information content (AvgIpc) is 2.66. The van der Waals surface area contributed by atoms with E-state index < -0.39 is 0 Å². The Morgan fingerprint density at radius 2 is 1.58 bits per heavy atom. The zero-order valence-electron chi connectivity index (χ0n) is 14.7. The molecule has 0 aromatic heterocycles. The van der Waals surface area contributed by atoms with Crippen molar-refractivity contribution in [2.24, 2.45) is 0 Å². The number of nitrogens with one attached hydrogen (secondary N) is 3. The van der Waals surface area contributed by atoms with Crippen molar-refractivity contribution in [3.63, 3.8) is 0 Å². The first-order valence-electron chi connectivity index (χ1n) is 8.47. The molecule has 2 aromatic carbocycles. The Balaban J connectivity index is 1.69. The second-order valence-corrected chi connectivity index (χ2v) is 5.82. The van der Waals surface area contributed by atoms with Crippen LogP contribution in [0.15, 0.2) is 54.6 Å². The lowest BCUT2D eigenvalue weighted by Gasteiger charge is -2.08. The Bertz CT molecular complexity index is 760. The molecular weight excluding hydrogens is 330 g/mol. The number of hydrogen-bond acceptors (Lipinski definition) is 3. The fraction of sp³-hybridized carbons (Fsp3) is 0.250. The molecule has 2 aromatic rings. The largest absolute Gasteiger partial charge is 0.355 e. The molecule has 136 valence electrons. The van der Waals surface area contributed by atoms with Gasteiger partial charge >= 0.3 is 0 Å². The van der Waals surface area contributed by atoms with Crippen LogP contribution >= 0.6 is 0 Å². The minimum atomic E-state index is -0.167. The molecule has 0 fully saturated rings. The molecule has 2 rings (SSSR count). The lowest BCUT2D eigenvalue weighted by Crippen LogP contribution is -2.31. The molecule has 6 heteroatoms. The van der Waals surface area contributed by atoms with Gasteiger partial charge in [0.05, 0.1) is 6.42 Å². The summed E-state index contributed by atoms with van der Waals surface area (Å²) < 4.78 is 0. The molecule has 0 saturated carbocycles. The van der Waals surface area contributed by atoms with Crippen molar-refractivity contribution in [2.75, 3.05) is 13.6 Å². The van der Waals surface area contributed by atoms with E-state index >= 15 is 0 Å². The third kappa shape index (κ3) is 6.39. The van der Waals surface area contributed by atoms with Gasteiger partial charge in [0.25, 0.3) is 5.91 Å². The Labute approximate surface area is 153 Å². The molecule has 0 unspecified atom stereocenters. The van der Waals surface area contributed by atoms with Crippen molar-refractivity contribution in [1.29, 1.82) is 0 Å². The summed E-state index contributed by atoms with van der Waals surface area (Å²) in [6.07, 6.45) is 0.504. The summed E-state index contributed by atoms with van der Waals surface area (Å²) in [6, 6.07) is 16.5. The molecular formula is C20H23N3O3. The van der Waals surface area contributed by atoms with Crippen LogP contribution in [0.25, 0.3) is 0 Å². The SMILES string of the molecule is CNC(=O)c1cccc(CNC(=O)CCNC(=O)Cc2ccccc2)c1. The van der Waals surface area contributed by atoms with Gasteiger partial charge in [0.2, 0.25) is 11.8 Å². The zero-order chi connectivity index (χ0) is 18.8. The average molecular weight is 353 g/mol. The minimum absolute atomic E-state index is 0.109. The van der Waals surface area contributed by atoms with Gasteiger partial charge < -0.3 is 16.0 Å². The summed E-state index contributed by atoms with van der Waals surface area (Å²) >= 11 is 0. The van der Waals surface area contributed by atoms with Gasteiger partial charge in [0, 0.05) is 32.1 Å². The highest BCUT2D eigenvalue weighted by Gasteiger charge is 2.07. The highest BCUT2D eigenvalue weighted by Crippen LogP contribution is 2.05. The Kier molecular flexibility index (Phi) is 7.36. The topological polar surface area (TPSA) is 87.3 Å². The van der Waals surface area contributed by atoms with Crippen LogP contribution in [0.5, 0.6) is 0 Å². The molecule has 0 aliphatic heterocycles. The van der Waals surface area contributed by atoms with Gasteiger partial charge in [-0.25, -0.2) is 0 Å². The van der Waals surface area contributed by atoms with E-state index in [2.05, 4.69) is 16.0 Å². The Morgan fingerprint density at radius 3 is 2.31 bits per heavy atom. The molecule has 6 nitrogen and oxygen atoms in total. The predicted octanol–water partition coefficient (Wildman–Crippen LogP) is 1.41. The van der Waals surface area contributed by atoms with Crippen LogP contribution in [0, 0.1) is 0 Å². The van der Waals surface area contributed by atoms with E-state index in [1.807, 2.05) is 36.4 Å². The summed E-state index contributed by atoms with van der Waals surface area (Å²) in [5.74, 6) is -0.433. The molecule has 0 heterocycles. The van der Waals surface area contributed by atoms with Crippen molar-refractivity contribution in [3.05, 3.63) is 71.3 Å². The molecule has 0 atom stereocenters. The smallest absolute Gasteiger partial charge is 0.251 e. The van der Waals surface area contributed by atoms with E-state index in [1.165, 1.54) is 0 Å². The normalized spacial score (nSPS) is 10.0. The predicted molar refractivity (Wildman–Crippen MR) is 99.5 cm³/mol. The first-order valence-corrected chi connectivity index (χ1v) is 8.47. The summed E-state index contributed by atoms with van der Waals surface area (Å²) in [6.45, 7) is 0.622. The number of rotatable bonds is 8. The summed E-state index contributed by atoms with van der Waals surface area (Å²) in [5, 5.41) is 8.09. The third-order valence-corrected chi connectivity index (χ3v) is 3.79. The van der Waals surface area contributed by atoms with Gasteiger partial charge in [0.1, 0.15) is 0 Å². The van der Waals surface area contributed by atoms with E-state index in [-0.39, 0.29) is 30.7 Å². The minimum Gasteiger partial charge on any atom is -0.355 e. The number of amides is 3. The fourth-order valence-corrected chi connectivity index (χ4v) is 2.42. The van der Waals surface area contributed by atoms with Crippen molar-refractivity contribution in [3.8, 4) is 0 Å². The number of hydrogen-bond donors (Lipinski definition) is 3. The quantitative estimate of drug-likeness (QED) is 0.671. The maximum Gasteiger partial charge on any atom is 0.251 e. The first-order chi connectivity index (χ1) is 12.6. The van der Waals surface area contributed by atoms with Crippen LogP contribution in [0.1, 0.15) is 27.9 Å². The standard InChI is InChI=1S/C20H23N3O3/c1-21-20(26)17-9-5-8-16(12-17)14-23-18(24)10-11-22-19(25)13-15-6-3-2-4-7-15/h2-9,12H,10-11,13-14H2,1H3,(H,21,26)(H,22,25)(H,23,24). The van der Waals surface area contributed by atoms with Gasteiger partial charge in [-0.05, 0) is 23.3 Å². The van der Waals surface area contributed by atoms with Crippen molar-refractivity contribution >= 4 is 17.7 Å². The molecule has 0 saturated heterocycles. The fourth-order valence-electron chi connectivity index (χ4n) is 2.42. The molecule has 3 amide bonds. The highest BCUT2D eigenvalue weighted by molar-refractivity contribution is 5.94. The van der Waals surface area contributed by atoms with Gasteiger partial charge in [0.15, 0.2) is 0 Å².